The molecule has 1 aliphatic heterocycles. The van der Waals surface area contributed by atoms with E-state index in [4.69, 9.17) is 17.3 Å². The van der Waals surface area contributed by atoms with E-state index in [1.807, 2.05) is 11.8 Å². The number of nitrogens with one attached hydrogen (secondary N) is 1. The van der Waals surface area contributed by atoms with Gasteiger partial charge in [-0.15, -0.1) is 0 Å². The minimum Gasteiger partial charge on any atom is -0.368 e. The Balaban J connectivity index is 1.79. The number of nitrogens with two attached hydrogens (primary N) is 1. The summed E-state index contributed by atoms with van der Waals surface area (Å²) in [5.74, 6) is 3.31. The van der Waals surface area contributed by atoms with Gasteiger partial charge in [0.25, 0.3) is 0 Å². The van der Waals surface area contributed by atoms with Gasteiger partial charge in [0.05, 0.1) is 6.20 Å². The zero-order valence-corrected chi connectivity index (χ0v) is 11.1. The highest BCUT2D eigenvalue weighted by atomic mass is 35.5. The Labute approximate surface area is 110 Å². The highest BCUT2D eigenvalue weighted by Crippen LogP contribution is 2.18. The molecule has 1 aromatic rings. The molecule has 17 heavy (non-hydrogen) atoms. The third-order valence-corrected chi connectivity index (χ3v) is 3.81. The van der Waals surface area contributed by atoms with Crippen LogP contribution in [0.4, 0.5) is 11.8 Å². The van der Waals surface area contributed by atoms with Crippen molar-refractivity contribution < 1.29 is 0 Å². The molecule has 2 rings (SSSR count). The maximum Gasteiger partial charge on any atom is 0.222 e. The summed E-state index contributed by atoms with van der Waals surface area (Å²) in [6.45, 7) is 4.14. The molecule has 2 heterocycles. The molecule has 0 atom stereocenters. The maximum atomic E-state index is 5.96. The Kier molecular flexibility index (Phi) is 4.70. The quantitative estimate of drug-likeness (QED) is 0.859. The topological polar surface area (TPSA) is 67.1 Å². The predicted octanol–water partition coefficient (Wildman–Crippen LogP) is 1.17. The van der Waals surface area contributed by atoms with Crippen LogP contribution < -0.4 is 11.1 Å². The van der Waals surface area contributed by atoms with E-state index in [0.717, 1.165) is 26.2 Å². The van der Waals surface area contributed by atoms with Crippen molar-refractivity contribution in [2.45, 2.75) is 0 Å². The molecule has 0 unspecified atom stereocenters. The smallest absolute Gasteiger partial charge is 0.222 e. The van der Waals surface area contributed by atoms with Crippen LogP contribution in [0.1, 0.15) is 0 Å². The maximum absolute atomic E-state index is 5.96. The van der Waals surface area contributed by atoms with Gasteiger partial charge in [-0.25, -0.2) is 4.98 Å². The first-order valence-corrected chi connectivity index (χ1v) is 7.11. The van der Waals surface area contributed by atoms with E-state index in [0.29, 0.717) is 10.8 Å². The zero-order valence-electron chi connectivity index (χ0n) is 9.53. The van der Waals surface area contributed by atoms with E-state index in [1.54, 1.807) is 0 Å². The Morgan fingerprint density at radius 1 is 1.47 bits per heavy atom. The SMILES string of the molecule is Nc1ncc(Cl)c(NCCN2CCSCC2)n1. The first kappa shape index (κ1) is 12.7. The molecule has 7 heteroatoms. The van der Waals surface area contributed by atoms with Crippen molar-refractivity contribution in [2.75, 3.05) is 48.7 Å². The highest BCUT2D eigenvalue weighted by Gasteiger charge is 2.10. The van der Waals surface area contributed by atoms with Crippen molar-refractivity contribution in [1.29, 1.82) is 0 Å². The number of halogens is 1. The second-order valence-corrected chi connectivity index (χ2v) is 5.44. The van der Waals surface area contributed by atoms with Crippen LogP contribution in [-0.2, 0) is 0 Å². The summed E-state index contributed by atoms with van der Waals surface area (Å²) in [6.07, 6.45) is 1.52. The molecule has 1 aliphatic rings. The standard InChI is InChI=1S/C10H16ClN5S/c11-8-7-14-10(12)15-9(8)13-1-2-16-3-5-17-6-4-16/h7H,1-6H2,(H3,12,13,14,15). The first-order valence-electron chi connectivity index (χ1n) is 5.57. The second-order valence-electron chi connectivity index (χ2n) is 3.81. The van der Waals surface area contributed by atoms with Gasteiger partial charge in [0.1, 0.15) is 5.02 Å². The molecule has 0 amide bonds. The lowest BCUT2D eigenvalue weighted by Crippen LogP contribution is -2.36. The molecular weight excluding hydrogens is 258 g/mol. The van der Waals surface area contributed by atoms with Crippen LogP contribution >= 0.6 is 23.4 Å². The third-order valence-electron chi connectivity index (χ3n) is 2.59. The highest BCUT2D eigenvalue weighted by molar-refractivity contribution is 7.99. The summed E-state index contributed by atoms with van der Waals surface area (Å²) in [5, 5.41) is 3.70. The van der Waals surface area contributed by atoms with E-state index < -0.39 is 0 Å². The van der Waals surface area contributed by atoms with Crippen molar-refractivity contribution >= 4 is 35.1 Å². The number of hydrogen-bond donors (Lipinski definition) is 2. The molecule has 0 aromatic carbocycles. The number of hydrogen-bond acceptors (Lipinski definition) is 6. The van der Waals surface area contributed by atoms with E-state index in [-0.39, 0.29) is 5.95 Å². The van der Waals surface area contributed by atoms with E-state index in [9.17, 15) is 0 Å². The minimum absolute atomic E-state index is 0.242. The van der Waals surface area contributed by atoms with Gasteiger partial charge >= 0.3 is 0 Å². The van der Waals surface area contributed by atoms with E-state index in [2.05, 4.69) is 20.2 Å². The average Bonchev–Trinajstić information content (AvgIpc) is 2.35. The monoisotopic (exact) mass is 273 g/mol. The second kappa shape index (κ2) is 6.28. The Morgan fingerprint density at radius 3 is 3.00 bits per heavy atom. The molecule has 0 aliphatic carbocycles. The fourth-order valence-corrected chi connectivity index (χ4v) is 2.80. The molecule has 0 radical (unpaired) electrons. The third kappa shape index (κ3) is 3.90. The summed E-state index contributed by atoms with van der Waals surface area (Å²) in [5.41, 5.74) is 5.51. The molecule has 3 N–H and O–H groups in total. The lowest BCUT2D eigenvalue weighted by atomic mass is 10.4. The Bertz CT molecular complexity index is 370. The summed E-state index contributed by atoms with van der Waals surface area (Å²) in [7, 11) is 0. The average molecular weight is 274 g/mol. The van der Waals surface area contributed by atoms with E-state index >= 15 is 0 Å². The number of anilines is 2. The molecule has 94 valence electrons. The minimum atomic E-state index is 0.242. The van der Waals surface area contributed by atoms with Crippen molar-refractivity contribution in [1.82, 2.24) is 14.9 Å². The molecule has 1 saturated heterocycles. The number of aromatic nitrogens is 2. The summed E-state index contributed by atoms with van der Waals surface area (Å²) in [6, 6.07) is 0. The van der Waals surface area contributed by atoms with Crippen molar-refractivity contribution in [3.05, 3.63) is 11.2 Å². The number of nitrogen functional groups attached to an aromatic ring is 1. The van der Waals surface area contributed by atoms with Gasteiger partial charge in [-0.1, -0.05) is 11.6 Å². The number of nitrogens with zero attached hydrogens (tertiary/aromatic N) is 3. The molecule has 0 spiro atoms. The van der Waals surface area contributed by atoms with Gasteiger partial charge in [-0.3, -0.25) is 4.90 Å². The summed E-state index contributed by atoms with van der Waals surface area (Å²) in [4.78, 5) is 10.3. The van der Waals surface area contributed by atoms with Gasteiger partial charge in [-0.05, 0) is 0 Å². The number of thioether (sulfide) groups is 1. The van der Waals surface area contributed by atoms with Crippen LogP contribution in [0.15, 0.2) is 6.20 Å². The van der Waals surface area contributed by atoms with Crippen molar-refractivity contribution in [3.63, 3.8) is 0 Å². The molecule has 0 bridgehead atoms. The van der Waals surface area contributed by atoms with Gasteiger partial charge in [0.15, 0.2) is 5.82 Å². The lowest BCUT2D eigenvalue weighted by Gasteiger charge is -2.26. The molecule has 0 saturated carbocycles. The number of rotatable bonds is 4. The molecule has 1 aromatic heterocycles. The van der Waals surface area contributed by atoms with Crippen LogP contribution in [0.3, 0.4) is 0 Å². The van der Waals surface area contributed by atoms with Crippen LogP contribution in [0.25, 0.3) is 0 Å². The van der Waals surface area contributed by atoms with Crippen LogP contribution in [-0.4, -0.2) is 52.6 Å². The normalized spacial score (nSPS) is 17.0. The Morgan fingerprint density at radius 2 is 2.24 bits per heavy atom. The van der Waals surface area contributed by atoms with Crippen LogP contribution in [0.2, 0.25) is 5.02 Å². The molecule has 5 nitrogen and oxygen atoms in total. The predicted molar refractivity (Wildman–Crippen MR) is 73.7 cm³/mol. The van der Waals surface area contributed by atoms with Gasteiger partial charge in [0.2, 0.25) is 5.95 Å². The molecule has 1 fully saturated rings. The van der Waals surface area contributed by atoms with Crippen molar-refractivity contribution in [2.24, 2.45) is 0 Å². The van der Waals surface area contributed by atoms with Gasteiger partial charge in [-0.2, -0.15) is 16.7 Å². The van der Waals surface area contributed by atoms with Crippen LogP contribution in [0, 0.1) is 0 Å². The zero-order chi connectivity index (χ0) is 12.1. The molecular formula is C10H16ClN5S. The fraction of sp³-hybridized carbons (Fsp3) is 0.600. The summed E-state index contributed by atoms with van der Waals surface area (Å²) < 4.78 is 0. The summed E-state index contributed by atoms with van der Waals surface area (Å²) >= 11 is 7.97. The van der Waals surface area contributed by atoms with Crippen LogP contribution in [0.5, 0.6) is 0 Å². The Hall–Kier alpha value is -0.720. The first-order chi connectivity index (χ1) is 8.25. The largest absolute Gasteiger partial charge is 0.368 e. The fourth-order valence-electron chi connectivity index (χ4n) is 1.66. The lowest BCUT2D eigenvalue weighted by molar-refractivity contribution is 0.314. The van der Waals surface area contributed by atoms with Gasteiger partial charge < -0.3 is 11.1 Å². The van der Waals surface area contributed by atoms with Gasteiger partial charge in [0, 0.05) is 37.7 Å². The van der Waals surface area contributed by atoms with Crippen molar-refractivity contribution in [3.8, 4) is 0 Å². The van der Waals surface area contributed by atoms with E-state index in [1.165, 1.54) is 17.7 Å².